The molecule has 1 N–H and O–H groups in total. The van der Waals surface area contributed by atoms with E-state index in [0.29, 0.717) is 0 Å². The molecule has 0 atom stereocenters. The second-order valence-electron chi connectivity index (χ2n) is 3.82. The molecule has 2 rings (SSSR count). The zero-order valence-electron chi connectivity index (χ0n) is 9.63. The third-order valence-electron chi connectivity index (χ3n) is 2.71. The molecule has 3 nitrogen and oxygen atoms in total. The first-order valence-corrected chi connectivity index (χ1v) is 5.54. The summed E-state index contributed by atoms with van der Waals surface area (Å²) in [4.78, 5) is 4.48. The van der Waals surface area contributed by atoms with Gasteiger partial charge in [0.1, 0.15) is 11.6 Å². The standard InChI is InChI=1S/C12H16FN3/c1-3-14-7-6-12-15-10-5-4-9(13)8-11(10)16(12)2/h4-5,8,14H,3,6-7H2,1-2H3. The van der Waals surface area contributed by atoms with Crippen molar-refractivity contribution in [2.45, 2.75) is 13.3 Å². The fraction of sp³-hybridized carbons (Fsp3) is 0.417. The molecular formula is C12H16FN3. The molecule has 16 heavy (non-hydrogen) atoms. The molecule has 0 fully saturated rings. The lowest BCUT2D eigenvalue weighted by atomic mass is 10.3. The molecule has 4 heteroatoms. The van der Waals surface area contributed by atoms with Gasteiger partial charge in [0.2, 0.25) is 0 Å². The molecule has 0 unspecified atom stereocenters. The Balaban J connectivity index is 2.29. The number of hydrogen-bond acceptors (Lipinski definition) is 2. The quantitative estimate of drug-likeness (QED) is 0.799. The van der Waals surface area contributed by atoms with Gasteiger partial charge < -0.3 is 9.88 Å². The highest BCUT2D eigenvalue weighted by atomic mass is 19.1. The lowest BCUT2D eigenvalue weighted by molar-refractivity contribution is 0.628. The smallest absolute Gasteiger partial charge is 0.125 e. The van der Waals surface area contributed by atoms with Crippen molar-refractivity contribution in [1.82, 2.24) is 14.9 Å². The molecule has 0 aliphatic heterocycles. The van der Waals surface area contributed by atoms with Gasteiger partial charge in [-0.2, -0.15) is 0 Å². The molecule has 1 heterocycles. The Labute approximate surface area is 94.3 Å². The van der Waals surface area contributed by atoms with E-state index in [2.05, 4.69) is 17.2 Å². The van der Waals surface area contributed by atoms with E-state index in [1.807, 2.05) is 11.6 Å². The van der Waals surface area contributed by atoms with E-state index in [4.69, 9.17) is 0 Å². The van der Waals surface area contributed by atoms with Crippen LogP contribution in [0.2, 0.25) is 0 Å². The zero-order valence-corrected chi connectivity index (χ0v) is 9.63. The van der Waals surface area contributed by atoms with E-state index in [1.54, 1.807) is 6.07 Å². The zero-order chi connectivity index (χ0) is 11.5. The van der Waals surface area contributed by atoms with Crippen LogP contribution in [0.3, 0.4) is 0 Å². The van der Waals surface area contributed by atoms with Gasteiger partial charge in [-0.1, -0.05) is 6.92 Å². The van der Waals surface area contributed by atoms with Crippen LogP contribution in [0.5, 0.6) is 0 Å². The van der Waals surface area contributed by atoms with Crippen molar-refractivity contribution >= 4 is 11.0 Å². The molecule has 0 radical (unpaired) electrons. The first kappa shape index (κ1) is 11.1. The molecule has 2 aromatic rings. The summed E-state index contributed by atoms with van der Waals surface area (Å²) in [6, 6.07) is 4.70. The summed E-state index contributed by atoms with van der Waals surface area (Å²) in [7, 11) is 1.93. The van der Waals surface area contributed by atoms with Gasteiger partial charge >= 0.3 is 0 Å². The molecule has 0 saturated carbocycles. The van der Waals surface area contributed by atoms with E-state index in [9.17, 15) is 4.39 Å². The predicted octanol–water partition coefficient (Wildman–Crippen LogP) is 1.86. The summed E-state index contributed by atoms with van der Waals surface area (Å²) in [5, 5.41) is 3.25. The highest BCUT2D eigenvalue weighted by molar-refractivity contribution is 5.75. The molecule has 0 amide bonds. The second kappa shape index (κ2) is 4.61. The fourth-order valence-electron chi connectivity index (χ4n) is 1.81. The van der Waals surface area contributed by atoms with Gasteiger partial charge in [0, 0.05) is 20.0 Å². The van der Waals surface area contributed by atoms with E-state index in [-0.39, 0.29) is 5.82 Å². The minimum atomic E-state index is -0.214. The number of rotatable bonds is 4. The van der Waals surface area contributed by atoms with Gasteiger partial charge in [-0.25, -0.2) is 9.37 Å². The Morgan fingerprint density at radius 3 is 3.00 bits per heavy atom. The predicted molar refractivity (Wildman–Crippen MR) is 62.9 cm³/mol. The summed E-state index contributed by atoms with van der Waals surface area (Å²) in [6.45, 7) is 3.93. The largest absolute Gasteiger partial charge is 0.331 e. The van der Waals surface area contributed by atoms with Crippen molar-refractivity contribution < 1.29 is 4.39 Å². The van der Waals surface area contributed by atoms with Crippen molar-refractivity contribution in [3.05, 3.63) is 29.8 Å². The number of halogens is 1. The number of aryl methyl sites for hydroxylation is 1. The Hall–Kier alpha value is -1.42. The van der Waals surface area contributed by atoms with Crippen molar-refractivity contribution in [2.75, 3.05) is 13.1 Å². The van der Waals surface area contributed by atoms with Crippen LogP contribution in [0, 0.1) is 5.82 Å². The van der Waals surface area contributed by atoms with Gasteiger partial charge in [0.25, 0.3) is 0 Å². The van der Waals surface area contributed by atoms with Crippen molar-refractivity contribution in [2.24, 2.45) is 7.05 Å². The van der Waals surface area contributed by atoms with Gasteiger partial charge in [-0.3, -0.25) is 0 Å². The summed E-state index contributed by atoms with van der Waals surface area (Å²) < 4.78 is 15.0. The van der Waals surface area contributed by atoms with Crippen LogP contribution in [-0.2, 0) is 13.5 Å². The normalized spacial score (nSPS) is 11.2. The number of benzene rings is 1. The first-order valence-electron chi connectivity index (χ1n) is 5.54. The van der Waals surface area contributed by atoms with Crippen LogP contribution in [0.15, 0.2) is 18.2 Å². The minimum Gasteiger partial charge on any atom is -0.331 e. The van der Waals surface area contributed by atoms with Crippen molar-refractivity contribution in [1.29, 1.82) is 0 Å². The molecule has 0 spiro atoms. The van der Waals surface area contributed by atoms with Crippen LogP contribution in [0.4, 0.5) is 4.39 Å². The maximum absolute atomic E-state index is 13.1. The van der Waals surface area contributed by atoms with Crippen LogP contribution in [0.25, 0.3) is 11.0 Å². The topological polar surface area (TPSA) is 29.9 Å². The Morgan fingerprint density at radius 1 is 1.44 bits per heavy atom. The fourth-order valence-corrected chi connectivity index (χ4v) is 1.81. The van der Waals surface area contributed by atoms with Crippen LogP contribution >= 0.6 is 0 Å². The molecule has 86 valence electrons. The Bertz CT molecular complexity index is 490. The van der Waals surface area contributed by atoms with Crippen molar-refractivity contribution in [3.8, 4) is 0 Å². The monoisotopic (exact) mass is 221 g/mol. The van der Waals surface area contributed by atoms with Crippen molar-refractivity contribution in [3.63, 3.8) is 0 Å². The maximum Gasteiger partial charge on any atom is 0.125 e. The molecule has 1 aromatic heterocycles. The molecule has 0 bridgehead atoms. The highest BCUT2D eigenvalue weighted by Gasteiger charge is 2.07. The van der Waals surface area contributed by atoms with Gasteiger partial charge in [-0.05, 0) is 24.7 Å². The third kappa shape index (κ3) is 2.07. The number of nitrogens with one attached hydrogen (secondary N) is 1. The molecular weight excluding hydrogens is 205 g/mol. The van der Waals surface area contributed by atoms with E-state index in [0.717, 1.165) is 36.4 Å². The SMILES string of the molecule is CCNCCc1nc2ccc(F)cc2n1C. The summed E-state index contributed by atoms with van der Waals surface area (Å²) in [6.07, 6.45) is 0.862. The number of hydrogen-bond donors (Lipinski definition) is 1. The second-order valence-corrected chi connectivity index (χ2v) is 3.82. The number of nitrogens with zero attached hydrogens (tertiary/aromatic N) is 2. The first-order chi connectivity index (χ1) is 7.72. The lowest BCUT2D eigenvalue weighted by Crippen LogP contribution is -2.17. The molecule has 1 aromatic carbocycles. The van der Waals surface area contributed by atoms with Gasteiger partial charge in [0.15, 0.2) is 0 Å². The van der Waals surface area contributed by atoms with Crippen LogP contribution in [-0.4, -0.2) is 22.6 Å². The van der Waals surface area contributed by atoms with E-state index < -0.39 is 0 Å². The average molecular weight is 221 g/mol. The third-order valence-corrected chi connectivity index (χ3v) is 2.71. The molecule has 0 aliphatic carbocycles. The summed E-state index contributed by atoms with van der Waals surface area (Å²) in [5.74, 6) is 0.773. The highest BCUT2D eigenvalue weighted by Crippen LogP contribution is 2.16. The number of imidazole rings is 1. The number of aromatic nitrogens is 2. The van der Waals surface area contributed by atoms with E-state index >= 15 is 0 Å². The summed E-state index contributed by atoms with van der Waals surface area (Å²) >= 11 is 0. The number of likely N-dealkylation sites (N-methyl/N-ethyl adjacent to an activating group) is 1. The van der Waals surface area contributed by atoms with Crippen LogP contribution in [0.1, 0.15) is 12.7 Å². The minimum absolute atomic E-state index is 0.214. The number of fused-ring (bicyclic) bond motifs is 1. The summed E-state index contributed by atoms with van der Waals surface area (Å²) in [5.41, 5.74) is 1.71. The Kier molecular flexibility index (Phi) is 3.19. The lowest BCUT2D eigenvalue weighted by Gasteiger charge is -2.02. The maximum atomic E-state index is 13.1. The molecule has 0 saturated heterocycles. The van der Waals surface area contributed by atoms with Gasteiger partial charge in [0.05, 0.1) is 11.0 Å². The Morgan fingerprint density at radius 2 is 2.25 bits per heavy atom. The van der Waals surface area contributed by atoms with Gasteiger partial charge in [-0.15, -0.1) is 0 Å². The molecule has 0 aliphatic rings. The van der Waals surface area contributed by atoms with Crippen LogP contribution < -0.4 is 5.32 Å². The van der Waals surface area contributed by atoms with E-state index in [1.165, 1.54) is 12.1 Å². The average Bonchev–Trinajstić information content (AvgIpc) is 2.57.